The second kappa shape index (κ2) is 5.19. The molecule has 0 saturated heterocycles. The van der Waals surface area contributed by atoms with E-state index in [1.807, 2.05) is 13.0 Å². The van der Waals surface area contributed by atoms with E-state index >= 15 is 0 Å². The van der Waals surface area contributed by atoms with E-state index in [1.165, 1.54) is 0 Å². The maximum absolute atomic E-state index is 8.25. The van der Waals surface area contributed by atoms with Crippen LogP contribution in [0.3, 0.4) is 0 Å². The highest BCUT2D eigenvalue weighted by Crippen LogP contribution is 2.19. The maximum Gasteiger partial charge on any atom is 0.0513 e. The van der Waals surface area contributed by atoms with Gasteiger partial charge in [0.25, 0.3) is 0 Å². The maximum atomic E-state index is 8.25. The van der Waals surface area contributed by atoms with Crippen LogP contribution in [0.15, 0.2) is 17.2 Å². The van der Waals surface area contributed by atoms with Gasteiger partial charge in [-0.25, -0.2) is 0 Å². The molecule has 4 nitrogen and oxygen atoms in total. The molecule has 0 saturated carbocycles. The van der Waals surface area contributed by atoms with Crippen LogP contribution in [0.25, 0.3) is 10.4 Å². The normalized spacial score (nSPS) is 9.64. The van der Waals surface area contributed by atoms with Gasteiger partial charge in [0.1, 0.15) is 0 Å². The molecule has 0 aliphatic rings. The van der Waals surface area contributed by atoms with Crippen LogP contribution in [0.4, 0.5) is 0 Å². The molecule has 0 atom stereocenters. The lowest BCUT2D eigenvalue weighted by atomic mass is 10.0. The fourth-order valence-corrected chi connectivity index (χ4v) is 2.03. The molecule has 0 aliphatic carbocycles. The SMILES string of the molecule is Cc1c(CN)cc(I)cc1CN=[N+]=[N-]. The Bertz CT molecular complexity index is 383. The zero-order chi connectivity index (χ0) is 10.6. The third-order valence-corrected chi connectivity index (χ3v) is 2.73. The van der Waals surface area contributed by atoms with Crippen molar-refractivity contribution in [2.24, 2.45) is 10.8 Å². The largest absolute Gasteiger partial charge is 0.326 e. The van der Waals surface area contributed by atoms with Gasteiger partial charge in [0.2, 0.25) is 0 Å². The third kappa shape index (κ3) is 2.60. The van der Waals surface area contributed by atoms with Gasteiger partial charge in [0, 0.05) is 15.0 Å². The first kappa shape index (κ1) is 11.3. The first-order chi connectivity index (χ1) is 6.69. The van der Waals surface area contributed by atoms with Gasteiger partial charge in [-0.3, -0.25) is 0 Å². The van der Waals surface area contributed by atoms with Crippen molar-refractivity contribution in [2.75, 3.05) is 0 Å². The monoisotopic (exact) mass is 302 g/mol. The van der Waals surface area contributed by atoms with Crippen LogP contribution in [-0.4, -0.2) is 0 Å². The van der Waals surface area contributed by atoms with Crippen molar-refractivity contribution >= 4 is 22.6 Å². The van der Waals surface area contributed by atoms with Crippen molar-refractivity contribution in [1.29, 1.82) is 0 Å². The molecule has 1 rings (SSSR count). The summed E-state index contributed by atoms with van der Waals surface area (Å²) in [6, 6.07) is 4.07. The standard InChI is InChI=1S/C9H11IN4/c1-6-7(4-11)2-9(10)3-8(6)5-13-14-12/h2-3H,4-5,11H2,1H3. The van der Waals surface area contributed by atoms with Crippen molar-refractivity contribution in [3.8, 4) is 0 Å². The van der Waals surface area contributed by atoms with Gasteiger partial charge in [0.05, 0.1) is 6.54 Å². The molecule has 1 aromatic rings. The quantitative estimate of drug-likeness (QED) is 0.396. The smallest absolute Gasteiger partial charge is 0.0513 e. The average molecular weight is 302 g/mol. The summed E-state index contributed by atoms with van der Waals surface area (Å²) in [6.45, 7) is 2.92. The van der Waals surface area contributed by atoms with Crippen LogP contribution in [0.5, 0.6) is 0 Å². The minimum Gasteiger partial charge on any atom is -0.326 e. The second-order valence-corrected chi connectivity index (χ2v) is 4.19. The van der Waals surface area contributed by atoms with Gasteiger partial charge in [-0.2, -0.15) is 0 Å². The van der Waals surface area contributed by atoms with Gasteiger partial charge in [-0.15, -0.1) is 0 Å². The molecular formula is C9H11IN4. The van der Waals surface area contributed by atoms with Crippen LogP contribution in [0, 0.1) is 10.5 Å². The van der Waals surface area contributed by atoms with Crippen LogP contribution >= 0.6 is 22.6 Å². The van der Waals surface area contributed by atoms with Crippen LogP contribution in [-0.2, 0) is 13.1 Å². The second-order valence-electron chi connectivity index (χ2n) is 2.94. The third-order valence-electron chi connectivity index (χ3n) is 2.11. The van der Waals surface area contributed by atoms with E-state index in [9.17, 15) is 0 Å². The Morgan fingerprint density at radius 1 is 1.50 bits per heavy atom. The molecule has 1 aromatic carbocycles. The number of nitrogens with zero attached hydrogens (tertiary/aromatic N) is 3. The Labute approximate surface area is 96.3 Å². The van der Waals surface area contributed by atoms with E-state index in [0.29, 0.717) is 13.1 Å². The fourth-order valence-electron chi connectivity index (χ4n) is 1.28. The molecule has 0 heterocycles. The number of halogens is 1. The first-order valence-electron chi connectivity index (χ1n) is 4.18. The van der Waals surface area contributed by atoms with Gasteiger partial charge < -0.3 is 5.73 Å². The number of azide groups is 1. The van der Waals surface area contributed by atoms with Crippen LogP contribution in [0.2, 0.25) is 0 Å². The number of hydrogen-bond donors (Lipinski definition) is 1. The van der Waals surface area contributed by atoms with E-state index in [1.54, 1.807) is 0 Å². The van der Waals surface area contributed by atoms with Gasteiger partial charge in [-0.1, -0.05) is 5.11 Å². The Balaban J connectivity index is 3.14. The highest BCUT2D eigenvalue weighted by Gasteiger charge is 2.03. The van der Waals surface area contributed by atoms with E-state index in [2.05, 4.69) is 38.7 Å². The molecule has 5 heteroatoms. The minimum absolute atomic E-state index is 0.395. The number of nitrogens with two attached hydrogens (primary N) is 1. The fraction of sp³-hybridized carbons (Fsp3) is 0.333. The van der Waals surface area contributed by atoms with Crippen molar-refractivity contribution in [3.63, 3.8) is 0 Å². The lowest BCUT2D eigenvalue weighted by Gasteiger charge is -2.09. The predicted octanol–water partition coefficient (Wildman–Crippen LogP) is 2.87. The molecule has 0 spiro atoms. The molecule has 14 heavy (non-hydrogen) atoms. The van der Waals surface area contributed by atoms with E-state index in [-0.39, 0.29) is 0 Å². The summed E-state index contributed by atoms with van der Waals surface area (Å²) in [5.74, 6) is 0. The number of rotatable bonds is 3. The van der Waals surface area contributed by atoms with E-state index in [0.717, 1.165) is 20.3 Å². The molecule has 0 amide bonds. The highest BCUT2D eigenvalue weighted by atomic mass is 127. The molecule has 0 aliphatic heterocycles. The van der Waals surface area contributed by atoms with E-state index in [4.69, 9.17) is 11.3 Å². The van der Waals surface area contributed by atoms with Crippen LogP contribution < -0.4 is 5.73 Å². The van der Waals surface area contributed by atoms with Gasteiger partial charge in [0.15, 0.2) is 0 Å². The zero-order valence-corrected chi connectivity index (χ0v) is 10.0. The molecule has 2 N–H and O–H groups in total. The van der Waals surface area contributed by atoms with Crippen molar-refractivity contribution < 1.29 is 0 Å². The minimum atomic E-state index is 0.395. The lowest BCUT2D eigenvalue weighted by Crippen LogP contribution is -2.02. The average Bonchev–Trinajstić information content (AvgIpc) is 2.18. The van der Waals surface area contributed by atoms with Crippen molar-refractivity contribution in [2.45, 2.75) is 20.0 Å². The Morgan fingerprint density at radius 3 is 2.71 bits per heavy atom. The Morgan fingerprint density at radius 2 is 2.14 bits per heavy atom. The van der Waals surface area contributed by atoms with Crippen molar-refractivity contribution in [1.82, 2.24) is 0 Å². The number of hydrogen-bond acceptors (Lipinski definition) is 2. The van der Waals surface area contributed by atoms with Gasteiger partial charge in [-0.05, 0) is 63.9 Å². The summed E-state index contributed by atoms with van der Waals surface area (Å²) in [4.78, 5) is 2.75. The molecule has 0 radical (unpaired) electrons. The Kier molecular flexibility index (Phi) is 4.19. The van der Waals surface area contributed by atoms with Gasteiger partial charge >= 0.3 is 0 Å². The summed E-state index contributed by atoms with van der Waals surface area (Å²) in [6.07, 6.45) is 0. The summed E-state index contributed by atoms with van der Waals surface area (Å²) < 4.78 is 1.12. The van der Waals surface area contributed by atoms with E-state index < -0.39 is 0 Å². The molecule has 0 bridgehead atoms. The summed E-state index contributed by atoms with van der Waals surface area (Å²) in [7, 11) is 0. The molecule has 74 valence electrons. The topological polar surface area (TPSA) is 74.8 Å². The summed E-state index contributed by atoms with van der Waals surface area (Å²) in [5.41, 5.74) is 17.1. The molecular weight excluding hydrogens is 291 g/mol. The first-order valence-corrected chi connectivity index (χ1v) is 5.25. The lowest BCUT2D eigenvalue weighted by molar-refractivity contribution is 0.982. The Hall–Kier alpha value is -0.780. The summed E-state index contributed by atoms with van der Waals surface area (Å²) in [5, 5.41) is 3.56. The molecule has 0 fully saturated rings. The van der Waals surface area contributed by atoms with Crippen LogP contribution in [0.1, 0.15) is 16.7 Å². The van der Waals surface area contributed by atoms with Crippen molar-refractivity contribution in [3.05, 3.63) is 42.8 Å². The predicted molar refractivity (Wildman–Crippen MR) is 64.6 cm³/mol. The highest BCUT2D eigenvalue weighted by molar-refractivity contribution is 14.1. The summed E-state index contributed by atoms with van der Waals surface area (Å²) >= 11 is 2.23. The molecule has 0 unspecified atom stereocenters. The number of benzene rings is 1. The zero-order valence-electron chi connectivity index (χ0n) is 7.87. The molecule has 0 aromatic heterocycles.